The van der Waals surface area contributed by atoms with Crippen LogP contribution >= 0.6 is 11.6 Å². The second-order valence-corrected chi connectivity index (χ2v) is 6.58. The van der Waals surface area contributed by atoms with E-state index >= 15 is 0 Å². The number of hydrogen-bond acceptors (Lipinski definition) is 4. The molecule has 0 aromatic carbocycles. The van der Waals surface area contributed by atoms with Gasteiger partial charge in [0.2, 0.25) is 5.91 Å². The smallest absolute Gasteiger partial charge is 0.229 e. The highest BCUT2D eigenvalue weighted by Gasteiger charge is 2.37. The number of halogens is 1. The van der Waals surface area contributed by atoms with Crippen LogP contribution in [0.3, 0.4) is 0 Å². The quantitative estimate of drug-likeness (QED) is 0.829. The Morgan fingerprint density at radius 2 is 2.09 bits per heavy atom. The van der Waals surface area contributed by atoms with E-state index in [1.54, 1.807) is 4.68 Å². The maximum absolute atomic E-state index is 12.4. The van der Waals surface area contributed by atoms with Crippen LogP contribution in [0.5, 0.6) is 0 Å². The van der Waals surface area contributed by atoms with Crippen LogP contribution < -0.4 is 0 Å². The molecule has 6 nitrogen and oxygen atoms in total. The molecule has 2 bridgehead atoms. The van der Waals surface area contributed by atoms with Crippen LogP contribution in [0.2, 0.25) is 5.15 Å². The fourth-order valence-corrected chi connectivity index (χ4v) is 3.59. The highest BCUT2D eigenvalue weighted by Crippen LogP contribution is 2.25. The summed E-state index contributed by atoms with van der Waals surface area (Å²) in [5, 5.41) is 5.17. The molecule has 2 aliphatic heterocycles. The van der Waals surface area contributed by atoms with Crippen LogP contribution in [0, 0.1) is 5.92 Å². The third-order valence-electron chi connectivity index (χ3n) is 4.69. The van der Waals surface area contributed by atoms with Gasteiger partial charge in [-0.2, -0.15) is 5.10 Å². The number of amides is 1. The van der Waals surface area contributed by atoms with Crippen molar-refractivity contribution in [2.24, 2.45) is 13.0 Å². The molecule has 2 aliphatic rings. The van der Waals surface area contributed by atoms with Gasteiger partial charge in [0.05, 0.1) is 30.9 Å². The lowest BCUT2D eigenvalue weighted by molar-refractivity contribution is -0.133. The Balaban J connectivity index is 1.83. The van der Waals surface area contributed by atoms with E-state index < -0.39 is 0 Å². The number of aryl methyl sites for hydroxylation is 2. The summed E-state index contributed by atoms with van der Waals surface area (Å²) in [6.45, 7) is 5.48. The number of likely N-dealkylation sites (N-methyl/N-ethyl adjacent to an activating group) is 1. The lowest BCUT2D eigenvalue weighted by atomic mass is 10.1. The summed E-state index contributed by atoms with van der Waals surface area (Å²) in [6.07, 6.45) is 0.860. The molecule has 7 heteroatoms. The molecule has 1 aromatic rings. The summed E-state index contributed by atoms with van der Waals surface area (Å²) in [4.78, 5) is 16.6. The second-order valence-electron chi connectivity index (χ2n) is 6.22. The molecule has 0 saturated carbocycles. The Labute approximate surface area is 136 Å². The topological polar surface area (TPSA) is 50.6 Å². The van der Waals surface area contributed by atoms with E-state index in [2.05, 4.69) is 16.9 Å². The van der Waals surface area contributed by atoms with Gasteiger partial charge < -0.3 is 9.64 Å². The van der Waals surface area contributed by atoms with E-state index in [1.165, 1.54) is 0 Å². The van der Waals surface area contributed by atoms with Crippen LogP contribution in [-0.2, 0) is 29.5 Å². The Kier molecular flexibility index (Phi) is 4.43. The molecule has 0 spiro atoms. The van der Waals surface area contributed by atoms with Crippen molar-refractivity contribution in [1.82, 2.24) is 19.6 Å². The third kappa shape index (κ3) is 2.75. The van der Waals surface area contributed by atoms with Crippen LogP contribution in [0.1, 0.15) is 18.2 Å². The number of ether oxygens (including phenoxy) is 1. The lowest BCUT2D eigenvalue weighted by Gasteiger charge is -2.29. The van der Waals surface area contributed by atoms with E-state index in [1.807, 2.05) is 19.0 Å². The average Bonchev–Trinajstić information content (AvgIpc) is 2.60. The molecule has 1 aromatic heterocycles. The van der Waals surface area contributed by atoms with Gasteiger partial charge in [-0.3, -0.25) is 14.4 Å². The minimum absolute atomic E-state index is 0.0852. The predicted octanol–water partition coefficient (Wildman–Crippen LogP) is 0.925. The normalized spacial score (nSPS) is 26.4. The molecule has 0 N–H and O–H groups in total. The summed E-state index contributed by atoms with van der Waals surface area (Å²) in [5.74, 6) is 0.107. The average molecular weight is 327 g/mol. The number of nitrogens with zero attached hydrogens (tertiary/aromatic N) is 4. The van der Waals surface area contributed by atoms with Gasteiger partial charge in [0.25, 0.3) is 0 Å². The first kappa shape index (κ1) is 15.8. The number of carbonyl (C=O) groups excluding carboxylic acids is 1. The standard InChI is InChI=1S/C15H23ClN4O2/c1-4-13-12(14(16)19(3)17-13)7-20-5-10-8-22-9-11(6-20)18(2)15(10)21/h10-11H,4-9H2,1-3H3/t10-,11+/m1/s1. The van der Waals surface area contributed by atoms with Crippen molar-refractivity contribution in [1.29, 1.82) is 0 Å². The first-order chi connectivity index (χ1) is 10.5. The minimum Gasteiger partial charge on any atom is -0.378 e. The summed E-state index contributed by atoms with van der Waals surface area (Å²) in [7, 11) is 3.75. The van der Waals surface area contributed by atoms with E-state index in [9.17, 15) is 4.79 Å². The fourth-order valence-electron chi connectivity index (χ4n) is 3.38. The molecule has 3 heterocycles. The van der Waals surface area contributed by atoms with Gasteiger partial charge in [-0.1, -0.05) is 18.5 Å². The maximum atomic E-state index is 12.4. The SMILES string of the molecule is CCc1nn(C)c(Cl)c1CN1C[C@@H]2COC[C@H](C1)N(C)C2=O. The molecule has 22 heavy (non-hydrogen) atoms. The van der Waals surface area contributed by atoms with Crippen molar-refractivity contribution in [2.45, 2.75) is 25.9 Å². The molecule has 2 atom stereocenters. The van der Waals surface area contributed by atoms with Crippen molar-refractivity contribution in [3.63, 3.8) is 0 Å². The van der Waals surface area contributed by atoms with Gasteiger partial charge in [0.15, 0.2) is 0 Å². The summed E-state index contributed by atoms with van der Waals surface area (Å²) in [6, 6.07) is 0.112. The maximum Gasteiger partial charge on any atom is 0.229 e. The van der Waals surface area contributed by atoms with Crippen molar-refractivity contribution in [2.75, 3.05) is 33.4 Å². The van der Waals surface area contributed by atoms with E-state index in [4.69, 9.17) is 16.3 Å². The molecule has 0 aliphatic carbocycles. The zero-order chi connectivity index (χ0) is 15.9. The lowest BCUT2D eigenvalue weighted by Crippen LogP contribution is -2.43. The van der Waals surface area contributed by atoms with Crippen molar-refractivity contribution in [3.8, 4) is 0 Å². The zero-order valence-electron chi connectivity index (χ0n) is 13.4. The van der Waals surface area contributed by atoms with Gasteiger partial charge in [0.1, 0.15) is 5.15 Å². The molecule has 3 rings (SSSR count). The van der Waals surface area contributed by atoms with Gasteiger partial charge in [0, 0.05) is 39.3 Å². The monoisotopic (exact) mass is 326 g/mol. The molecule has 1 amide bonds. The Hall–Kier alpha value is -1.11. The minimum atomic E-state index is -0.0852. The van der Waals surface area contributed by atoms with E-state index in [-0.39, 0.29) is 17.9 Å². The van der Waals surface area contributed by atoms with Crippen LogP contribution in [0.25, 0.3) is 0 Å². The number of fused-ring (bicyclic) bond motifs is 3. The van der Waals surface area contributed by atoms with Gasteiger partial charge in [-0.25, -0.2) is 0 Å². The Morgan fingerprint density at radius 3 is 2.82 bits per heavy atom. The number of carbonyl (C=O) groups is 1. The number of rotatable bonds is 3. The van der Waals surface area contributed by atoms with Gasteiger partial charge >= 0.3 is 0 Å². The molecule has 2 fully saturated rings. The Bertz CT molecular complexity index is 574. The predicted molar refractivity (Wildman–Crippen MR) is 83.7 cm³/mol. The fraction of sp³-hybridized carbons (Fsp3) is 0.733. The first-order valence-corrected chi connectivity index (χ1v) is 8.16. The van der Waals surface area contributed by atoms with E-state index in [0.717, 1.165) is 30.8 Å². The zero-order valence-corrected chi connectivity index (χ0v) is 14.1. The molecular formula is C15H23ClN4O2. The summed E-state index contributed by atoms with van der Waals surface area (Å²) in [5.41, 5.74) is 2.13. The van der Waals surface area contributed by atoms with Crippen molar-refractivity contribution < 1.29 is 9.53 Å². The summed E-state index contributed by atoms with van der Waals surface area (Å²) >= 11 is 6.40. The largest absolute Gasteiger partial charge is 0.378 e. The highest BCUT2D eigenvalue weighted by molar-refractivity contribution is 6.30. The second kappa shape index (κ2) is 6.18. The van der Waals surface area contributed by atoms with E-state index in [0.29, 0.717) is 24.9 Å². The molecule has 2 saturated heterocycles. The third-order valence-corrected chi connectivity index (χ3v) is 5.16. The highest BCUT2D eigenvalue weighted by atomic mass is 35.5. The van der Waals surface area contributed by atoms with Gasteiger partial charge in [-0.05, 0) is 6.42 Å². The van der Waals surface area contributed by atoms with Crippen molar-refractivity contribution >= 4 is 17.5 Å². The summed E-state index contributed by atoms with van der Waals surface area (Å²) < 4.78 is 7.37. The van der Waals surface area contributed by atoms with Crippen LogP contribution in [0.15, 0.2) is 0 Å². The number of aromatic nitrogens is 2. The first-order valence-electron chi connectivity index (χ1n) is 7.78. The molecular weight excluding hydrogens is 304 g/mol. The molecule has 122 valence electrons. The van der Waals surface area contributed by atoms with Crippen molar-refractivity contribution in [3.05, 3.63) is 16.4 Å². The number of hydrogen-bond donors (Lipinski definition) is 0. The Morgan fingerprint density at radius 1 is 1.32 bits per heavy atom. The van der Waals surface area contributed by atoms with Crippen LogP contribution in [0.4, 0.5) is 0 Å². The molecule has 0 unspecified atom stereocenters. The molecule has 0 radical (unpaired) electrons. The van der Waals surface area contributed by atoms with Gasteiger partial charge in [-0.15, -0.1) is 0 Å². The van der Waals surface area contributed by atoms with Crippen LogP contribution in [-0.4, -0.2) is 64.9 Å².